The van der Waals surface area contributed by atoms with Crippen molar-refractivity contribution in [2.75, 3.05) is 13.2 Å². The molecule has 21 heavy (non-hydrogen) atoms. The third kappa shape index (κ3) is 6.58. The number of hydrogen-bond acceptors (Lipinski definition) is 4. The summed E-state index contributed by atoms with van der Waals surface area (Å²) < 4.78 is 23.5. The summed E-state index contributed by atoms with van der Waals surface area (Å²) in [5, 5.41) is 9.58. The van der Waals surface area contributed by atoms with E-state index in [1.165, 1.54) is 18.2 Å². The summed E-state index contributed by atoms with van der Waals surface area (Å²) in [5.41, 5.74) is 0.446. The first-order valence-corrected chi connectivity index (χ1v) is 7.30. The molecule has 5 heteroatoms. The van der Waals surface area contributed by atoms with Gasteiger partial charge in [-0.15, -0.1) is 0 Å². The number of halogens is 1. The van der Waals surface area contributed by atoms with E-state index in [4.69, 9.17) is 9.47 Å². The number of aliphatic hydroxyl groups excluding tert-OH is 1. The van der Waals surface area contributed by atoms with Crippen LogP contribution < -0.4 is 4.74 Å². The van der Waals surface area contributed by atoms with Crippen molar-refractivity contribution in [3.05, 3.63) is 29.6 Å². The van der Waals surface area contributed by atoms with Crippen LogP contribution in [0.3, 0.4) is 0 Å². The Morgan fingerprint density at radius 1 is 1.33 bits per heavy atom. The Labute approximate surface area is 124 Å². The van der Waals surface area contributed by atoms with Crippen molar-refractivity contribution >= 4 is 5.97 Å². The Morgan fingerprint density at radius 3 is 2.76 bits per heavy atom. The van der Waals surface area contributed by atoms with Crippen LogP contribution in [-0.4, -0.2) is 24.3 Å². The number of carbonyl (C=O) groups excluding carboxylic acids is 1. The average molecular weight is 298 g/mol. The maximum atomic E-state index is 13.1. The average Bonchev–Trinajstić information content (AvgIpc) is 2.44. The molecule has 0 spiro atoms. The lowest BCUT2D eigenvalue weighted by molar-refractivity contribution is -0.143. The first-order valence-electron chi connectivity index (χ1n) is 7.30. The van der Waals surface area contributed by atoms with E-state index in [-0.39, 0.29) is 5.97 Å². The van der Waals surface area contributed by atoms with Crippen LogP contribution in [0.25, 0.3) is 0 Å². The van der Waals surface area contributed by atoms with Crippen molar-refractivity contribution in [2.24, 2.45) is 0 Å². The number of hydrogen-bond donors (Lipinski definition) is 1. The van der Waals surface area contributed by atoms with Gasteiger partial charge in [0.2, 0.25) is 0 Å². The van der Waals surface area contributed by atoms with Crippen molar-refractivity contribution in [3.63, 3.8) is 0 Å². The van der Waals surface area contributed by atoms with Gasteiger partial charge in [-0.2, -0.15) is 0 Å². The summed E-state index contributed by atoms with van der Waals surface area (Å²) in [7, 11) is 0. The van der Waals surface area contributed by atoms with Crippen molar-refractivity contribution in [3.8, 4) is 5.75 Å². The van der Waals surface area contributed by atoms with Crippen molar-refractivity contribution in [1.29, 1.82) is 0 Å². The van der Waals surface area contributed by atoms with Crippen molar-refractivity contribution in [1.82, 2.24) is 0 Å². The van der Waals surface area contributed by atoms with Crippen LogP contribution in [0, 0.1) is 5.82 Å². The van der Waals surface area contributed by atoms with Crippen molar-refractivity contribution in [2.45, 2.75) is 45.6 Å². The standard InChI is InChI=1S/C16H23FO4/c1-3-20-16(19)7-5-4-6-10-21-15-9-8-13(17)11-14(15)12(2)18/h8-9,11-12,18H,3-7,10H2,1-2H3/t12-/m0/s1. The van der Waals surface area contributed by atoms with Crippen LogP contribution >= 0.6 is 0 Å². The minimum absolute atomic E-state index is 0.173. The van der Waals surface area contributed by atoms with E-state index in [0.717, 1.165) is 19.3 Å². The SMILES string of the molecule is CCOC(=O)CCCCCOc1ccc(F)cc1[C@H](C)O. The molecule has 0 aliphatic heterocycles. The molecule has 0 aliphatic carbocycles. The van der Waals surface area contributed by atoms with E-state index in [1.807, 2.05) is 0 Å². The molecular weight excluding hydrogens is 275 g/mol. The molecule has 0 aliphatic rings. The number of rotatable bonds is 9. The zero-order valence-corrected chi connectivity index (χ0v) is 12.6. The number of ether oxygens (including phenoxy) is 2. The molecule has 0 fully saturated rings. The van der Waals surface area contributed by atoms with Gasteiger partial charge in [-0.1, -0.05) is 0 Å². The number of unbranched alkanes of at least 4 members (excludes halogenated alkanes) is 2. The monoisotopic (exact) mass is 298 g/mol. The van der Waals surface area contributed by atoms with Crippen LogP contribution in [0.2, 0.25) is 0 Å². The highest BCUT2D eigenvalue weighted by Crippen LogP contribution is 2.26. The fourth-order valence-corrected chi connectivity index (χ4v) is 1.94. The highest BCUT2D eigenvalue weighted by Gasteiger charge is 2.10. The van der Waals surface area contributed by atoms with Gasteiger partial charge >= 0.3 is 5.97 Å². The number of aliphatic hydroxyl groups is 1. The zero-order valence-electron chi connectivity index (χ0n) is 12.6. The second-order valence-electron chi connectivity index (χ2n) is 4.82. The number of benzene rings is 1. The predicted molar refractivity (Wildman–Crippen MR) is 77.6 cm³/mol. The normalized spacial score (nSPS) is 12.0. The Bertz CT molecular complexity index is 446. The van der Waals surface area contributed by atoms with Crippen LogP contribution in [0.15, 0.2) is 18.2 Å². The predicted octanol–water partition coefficient (Wildman–Crippen LogP) is 3.38. The van der Waals surface area contributed by atoms with Crippen LogP contribution in [-0.2, 0) is 9.53 Å². The van der Waals surface area contributed by atoms with Gasteiger partial charge in [0.15, 0.2) is 0 Å². The highest BCUT2D eigenvalue weighted by atomic mass is 19.1. The van der Waals surface area contributed by atoms with Gasteiger partial charge in [-0.05, 0) is 51.3 Å². The van der Waals surface area contributed by atoms with E-state index < -0.39 is 11.9 Å². The van der Waals surface area contributed by atoms with Gasteiger partial charge in [0.05, 0.1) is 19.3 Å². The third-order valence-corrected chi connectivity index (χ3v) is 3.01. The number of carbonyl (C=O) groups is 1. The van der Waals surface area contributed by atoms with Gasteiger partial charge in [0.25, 0.3) is 0 Å². The molecule has 1 atom stereocenters. The maximum absolute atomic E-state index is 13.1. The molecule has 0 amide bonds. The van der Waals surface area contributed by atoms with Gasteiger partial charge in [-0.3, -0.25) is 4.79 Å². The molecule has 1 N–H and O–H groups in total. The maximum Gasteiger partial charge on any atom is 0.305 e. The zero-order chi connectivity index (χ0) is 15.7. The summed E-state index contributed by atoms with van der Waals surface area (Å²) in [6, 6.07) is 4.11. The van der Waals surface area contributed by atoms with E-state index >= 15 is 0 Å². The topological polar surface area (TPSA) is 55.8 Å². The van der Waals surface area contributed by atoms with Crippen LogP contribution in [0.5, 0.6) is 5.75 Å². The minimum atomic E-state index is -0.778. The molecule has 118 valence electrons. The Morgan fingerprint density at radius 2 is 2.10 bits per heavy atom. The van der Waals surface area contributed by atoms with E-state index in [2.05, 4.69) is 0 Å². The molecule has 0 saturated carbocycles. The lowest BCUT2D eigenvalue weighted by atomic mass is 10.1. The summed E-state index contributed by atoms with van der Waals surface area (Å²) in [6.45, 7) is 4.23. The number of esters is 1. The molecule has 0 radical (unpaired) electrons. The van der Waals surface area contributed by atoms with Gasteiger partial charge in [-0.25, -0.2) is 4.39 Å². The molecule has 1 aromatic carbocycles. The molecule has 1 rings (SSSR count). The minimum Gasteiger partial charge on any atom is -0.493 e. The van der Waals surface area contributed by atoms with E-state index in [1.54, 1.807) is 13.8 Å². The van der Waals surface area contributed by atoms with E-state index in [9.17, 15) is 14.3 Å². The Hall–Kier alpha value is -1.62. The van der Waals surface area contributed by atoms with Gasteiger partial charge < -0.3 is 14.6 Å². The highest BCUT2D eigenvalue weighted by molar-refractivity contribution is 5.69. The summed E-state index contributed by atoms with van der Waals surface area (Å²) in [4.78, 5) is 11.1. The molecule has 0 heterocycles. The quantitative estimate of drug-likeness (QED) is 0.561. The van der Waals surface area contributed by atoms with Gasteiger partial charge in [0, 0.05) is 12.0 Å². The lowest BCUT2D eigenvalue weighted by Crippen LogP contribution is -2.05. The molecule has 0 aromatic heterocycles. The largest absolute Gasteiger partial charge is 0.493 e. The Kier molecular flexibility index (Phi) is 7.75. The fourth-order valence-electron chi connectivity index (χ4n) is 1.94. The molecule has 1 aromatic rings. The molecule has 0 bridgehead atoms. The second-order valence-corrected chi connectivity index (χ2v) is 4.82. The summed E-state index contributed by atoms with van der Waals surface area (Å²) in [5.74, 6) is -0.0715. The molecule has 0 saturated heterocycles. The third-order valence-electron chi connectivity index (χ3n) is 3.01. The smallest absolute Gasteiger partial charge is 0.305 e. The molecule has 0 unspecified atom stereocenters. The summed E-state index contributed by atoms with van der Waals surface area (Å²) >= 11 is 0. The first-order chi connectivity index (χ1) is 10.0. The van der Waals surface area contributed by atoms with Crippen LogP contribution in [0.4, 0.5) is 4.39 Å². The van der Waals surface area contributed by atoms with Gasteiger partial charge in [0.1, 0.15) is 11.6 Å². The summed E-state index contributed by atoms with van der Waals surface area (Å²) in [6.07, 6.45) is 2.04. The molecular formula is C16H23FO4. The van der Waals surface area contributed by atoms with Crippen LogP contribution in [0.1, 0.15) is 51.2 Å². The second kappa shape index (κ2) is 9.34. The fraction of sp³-hybridized carbons (Fsp3) is 0.562. The molecule has 4 nitrogen and oxygen atoms in total. The Balaban J connectivity index is 2.28. The van der Waals surface area contributed by atoms with Crippen molar-refractivity contribution < 1.29 is 23.8 Å². The lowest BCUT2D eigenvalue weighted by Gasteiger charge is -2.13. The van der Waals surface area contributed by atoms with E-state index in [0.29, 0.717) is 30.9 Å². The first kappa shape index (κ1) is 17.4.